The molecule has 0 saturated carbocycles. The van der Waals surface area contributed by atoms with Gasteiger partial charge in [0.15, 0.2) is 0 Å². The van der Waals surface area contributed by atoms with E-state index in [1.165, 1.54) is 30.5 Å². The van der Waals surface area contributed by atoms with Crippen LogP contribution in [0.25, 0.3) is 10.8 Å². The summed E-state index contributed by atoms with van der Waals surface area (Å²) in [5.41, 5.74) is 7.00. The number of amides is 1. The Bertz CT molecular complexity index is 1470. The van der Waals surface area contributed by atoms with E-state index in [1.54, 1.807) is 30.0 Å². The monoisotopic (exact) mass is 544 g/mol. The molecule has 2 N–H and O–H groups in total. The van der Waals surface area contributed by atoms with Gasteiger partial charge in [0, 0.05) is 38.6 Å². The van der Waals surface area contributed by atoms with Gasteiger partial charge in [-0.2, -0.15) is 0 Å². The smallest absolute Gasteiger partial charge is 0.328 e. The van der Waals surface area contributed by atoms with Crippen molar-refractivity contribution in [1.29, 1.82) is 0 Å². The molecule has 1 aliphatic rings. The first-order valence-electron chi connectivity index (χ1n) is 11.8. The fourth-order valence-corrected chi connectivity index (χ4v) is 5.58. The lowest BCUT2D eigenvalue weighted by atomic mass is 10.0. The third-order valence-corrected chi connectivity index (χ3v) is 7.49. The van der Waals surface area contributed by atoms with Crippen LogP contribution in [0.4, 0.5) is 21.7 Å². The average Bonchev–Trinajstić information content (AvgIpc) is 3.23. The largest absolute Gasteiger partial charge is 0.467 e. The van der Waals surface area contributed by atoms with Crippen LogP contribution in [0, 0.1) is 12.7 Å². The SMILES string of the molecule is COC(=O)[C@@H](Cc1cc2ccnc(N)c2cc1F)N1CC[C@H](N(c2cnc(N(C)C)c(C)c2)[SH](=O)=O)C1=O. The first kappa shape index (κ1) is 27.0. The maximum atomic E-state index is 15.0. The van der Waals surface area contributed by atoms with Gasteiger partial charge < -0.3 is 20.3 Å². The van der Waals surface area contributed by atoms with Crippen LogP contribution in [-0.4, -0.2) is 75.0 Å². The standard InChI is InChI=1S/C25H29FN6O5S/c1-14-9-17(13-29-23(14)30(2)3)32(38(35)36)20-6-8-31(24(20)33)21(25(34)37-4)11-16-10-15-5-7-28-22(27)18(15)12-19(16)26/h5,7,9-10,12-13,20-21,38H,6,8,11H2,1-4H3,(H2,27,28)/t20-,21+/m0/s1. The van der Waals surface area contributed by atoms with Crippen LogP contribution in [-0.2, 0) is 31.6 Å². The number of ether oxygens (including phenoxy) is 1. The number of hydrogen-bond donors (Lipinski definition) is 2. The van der Waals surface area contributed by atoms with E-state index >= 15 is 4.39 Å². The third-order valence-electron chi connectivity index (χ3n) is 6.63. The number of carbonyl (C=O) groups excluding carboxylic acids is 2. The molecule has 1 amide bonds. The van der Waals surface area contributed by atoms with Crippen molar-refractivity contribution in [2.24, 2.45) is 0 Å². The van der Waals surface area contributed by atoms with Crippen molar-refractivity contribution in [1.82, 2.24) is 14.9 Å². The second-order valence-electron chi connectivity index (χ2n) is 9.25. The molecule has 3 heterocycles. The Hall–Kier alpha value is -4.00. The van der Waals surface area contributed by atoms with Gasteiger partial charge in [-0.3, -0.25) is 9.10 Å². The zero-order valence-corrected chi connectivity index (χ0v) is 22.3. The number of aryl methyl sites for hydroxylation is 1. The molecule has 3 aromatic rings. The van der Waals surface area contributed by atoms with E-state index in [4.69, 9.17) is 10.5 Å². The molecule has 202 valence electrons. The number of pyridine rings is 2. The summed E-state index contributed by atoms with van der Waals surface area (Å²) in [4.78, 5) is 37.7. The van der Waals surface area contributed by atoms with Gasteiger partial charge in [0.25, 0.3) is 0 Å². The molecular formula is C25H29FN6O5S. The van der Waals surface area contributed by atoms with Crippen molar-refractivity contribution in [3.8, 4) is 0 Å². The predicted molar refractivity (Wildman–Crippen MR) is 142 cm³/mol. The molecule has 0 radical (unpaired) electrons. The molecular weight excluding hydrogens is 515 g/mol. The van der Waals surface area contributed by atoms with Crippen molar-refractivity contribution >= 4 is 50.9 Å². The van der Waals surface area contributed by atoms with E-state index in [1.807, 2.05) is 14.1 Å². The Morgan fingerprint density at radius 2 is 2.03 bits per heavy atom. The van der Waals surface area contributed by atoms with Crippen LogP contribution in [0.15, 0.2) is 36.7 Å². The minimum absolute atomic E-state index is 0.0806. The second kappa shape index (κ2) is 10.8. The van der Waals surface area contributed by atoms with Crippen molar-refractivity contribution < 1.29 is 27.1 Å². The number of esters is 1. The lowest BCUT2D eigenvalue weighted by molar-refractivity contribution is -0.151. The number of hydrogen-bond acceptors (Lipinski definition) is 9. The molecule has 1 aliphatic heterocycles. The van der Waals surface area contributed by atoms with Crippen LogP contribution in [0.1, 0.15) is 17.5 Å². The summed E-state index contributed by atoms with van der Waals surface area (Å²) in [6.45, 7) is 1.87. The van der Waals surface area contributed by atoms with E-state index in [0.29, 0.717) is 16.6 Å². The number of nitrogens with two attached hydrogens (primary N) is 1. The van der Waals surface area contributed by atoms with Crippen LogP contribution in [0.3, 0.4) is 0 Å². The van der Waals surface area contributed by atoms with Crippen LogP contribution >= 0.6 is 0 Å². The number of carbonyl (C=O) groups is 2. The number of nitrogen functional groups attached to an aromatic ring is 1. The highest BCUT2D eigenvalue weighted by molar-refractivity contribution is 7.74. The molecule has 11 nitrogen and oxygen atoms in total. The van der Waals surface area contributed by atoms with Crippen LogP contribution in [0.2, 0.25) is 0 Å². The number of rotatable bonds is 8. The number of halogens is 1. The minimum Gasteiger partial charge on any atom is -0.467 e. The highest BCUT2D eigenvalue weighted by Crippen LogP contribution is 2.30. The Kier molecular flexibility index (Phi) is 7.67. The molecule has 0 bridgehead atoms. The summed E-state index contributed by atoms with van der Waals surface area (Å²) in [7, 11) is 1.60. The number of likely N-dealkylation sites (tertiary alicyclic amines) is 1. The van der Waals surface area contributed by atoms with Gasteiger partial charge >= 0.3 is 5.97 Å². The van der Waals surface area contributed by atoms with Crippen molar-refractivity contribution in [3.63, 3.8) is 0 Å². The minimum atomic E-state index is -3.21. The number of nitrogens with zero attached hydrogens (tertiary/aromatic N) is 5. The van der Waals surface area contributed by atoms with Gasteiger partial charge in [-0.15, -0.1) is 0 Å². The lowest BCUT2D eigenvalue weighted by Crippen LogP contribution is -2.48. The van der Waals surface area contributed by atoms with E-state index in [0.717, 1.165) is 9.87 Å². The molecule has 0 aliphatic carbocycles. The quantitative estimate of drug-likeness (QED) is 0.319. The fourth-order valence-electron chi connectivity index (χ4n) is 4.84. The molecule has 2 aromatic heterocycles. The number of aromatic nitrogens is 2. The first-order valence-corrected chi connectivity index (χ1v) is 12.9. The molecule has 2 atom stereocenters. The number of anilines is 3. The average molecular weight is 545 g/mol. The van der Waals surface area contributed by atoms with Gasteiger partial charge in [-0.1, -0.05) is 0 Å². The van der Waals surface area contributed by atoms with Gasteiger partial charge in [0.2, 0.25) is 16.8 Å². The summed E-state index contributed by atoms with van der Waals surface area (Å²) in [6, 6.07) is 3.86. The number of benzene rings is 1. The Morgan fingerprint density at radius 3 is 2.66 bits per heavy atom. The number of methoxy groups -OCH3 is 1. The topological polar surface area (TPSA) is 139 Å². The molecule has 0 unspecified atom stereocenters. The van der Waals surface area contributed by atoms with Gasteiger partial charge in [0.1, 0.15) is 29.5 Å². The Balaban J connectivity index is 1.65. The highest BCUT2D eigenvalue weighted by atomic mass is 32.2. The van der Waals surface area contributed by atoms with Gasteiger partial charge in [-0.25, -0.2) is 27.6 Å². The maximum absolute atomic E-state index is 15.0. The predicted octanol–water partition coefficient (Wildman–Crippen LogP) is 1.44. The fraction of sp³-hybridized carbons (Fsp3) is 0.360. The summed E-state index contributed by atoms with van der Waals surface area (Å²) in [6.07, 6.45) is 2.85. The summed E-state index contributed by atoms with van der Waals surface area (Å²) >= 11 is 0. The molecule has 13 heteroatoms. The summed E-state index contributed by atoms with van der Waals surface area (Å²) < 4.78 is 45.6. The molecule has 4 rings (SSSR count). The van der Waals surface area contributed by atoms with E-state index in [9.17, 15) is 18.0 Å². The summed E-state index contributed by atoms with van der Waals surface area (Å²) in [5, 5.41) is 1.06. The van der Waals surface area contributed by atoms with Crippen LogP contribution < -0.4 is 14.9 Å². The van der Waals surface area contributed by atoms with Crippen molar-refractivity contribution in [2.45, 2.75) is 31.8 Å². The van der Waals surface area contributed by atoms with Crippen molar-refractivity contribution in [3.05, 3.63) is 53.6 Å². The number of fused-ring (bicyclic) bond motifs is 1. The van der Waals surface area contributed by atoms with Gasteiger partial charge in [0.05, 0.1) is 19.0 Å². The lowest BCUT2D eigenvalue weighted by Gasteiger charge is -2.28. The van der Waals surface area contributed by atoms with E-state index < -0.39 is 40.7 Å². The number of thiol groups is 1. The molecule has 1 saturated heterocycles. The zero-order valence-electron chi connectivity index (χ0n) is 21.4. The molecule has 1 aromatic carbocycles. The normalized spacial score (nSPS) is 16.2. The van der Waals surface area contributed by atoms with E-state index in [-0.39, 0.29) is 36.5 Å². The molecule has 0 spiro atoms. The molecule has 1 fully saturated rings. The van der Waals surface area contributed by atoms with Crippen molar-refractivity contribution in [2.75, 3.05) is 42.7 Å². The van der Waals surface area contributed by atoms with E-state index in [2.05, 4.69) is 9.97 Å². The van der Waals surface area contributed by atoms with Gasteiger partial charge in [-0.05, 0) is 54.1 Å². The zero-order chi connectivity index (χ0) is 27.7. The molecule has 38 heavy (non-hydrogen) atoms. The second-order valence-corrected chi connectivity index (χ2v) is 10.2. The summed E-state index contributed by atoms with van der Waals surface area (Å²) in [5.74, 6) is -1.09. The Morgan fingerprint density at radius 1 is 1.29 bits per heavy atom. The highest BCUT2D eigenvalue weighted by Gasteiger charge is 2.43. The first-order chi connectivity index (χ1) is 18.0. The van der Waals surface area contributed by atoms with Crippen LogP contribution in [0.5, 0.6) is 0 Å². The Labute approximate surface area is 221 Å². The maximum Gasteiger partial charge on any atom is 0.328 e. The third kappa shape index (κ3) is 5.05.